The van der Waals surface area contributed by atoms with Gasteiger partial charge in [0.25, 0.3) is 0 Å². The first kappa shape index (κ1) is 14.1. The van der Waals surface area contributed by atoms with Crippen LogP contribution in [-0.4, -0.2) is 0 Å². The lowest BCUT2D eigenvalue weighted by molar-refractivity contribution is 0.672. The van der Waals surface area contributed by atoms with Crippen molar-refractivity contribution in [1.82, 2.24) is 0 Å². The molecule has 0 saturated heterocycles. The number of hydrogen-bond donors (Lipinski definition) is 0. The third-order valence-electron chi connectivity index (χ3n) is 8.34. The van der Waals surface area contributed by atoms with Gasteiger partial charge >= 0.3 is 0 Å². The van der Waals surface area contributed by atoms with Crippen molar-refractivity contribution < 1.29 is 34.6 Å². The van der Waals surface area contributed by atoms with Gasteiger partial charge in [-0.05, 0) is 97.6 Å². The monoisotopic (exact) mass is 659 g/mol. The number of anilines is 3. The molecule has 1 aromatic heterocycles. The number of fused-ring (bicyclic) bond motifs is 7. The second-order valence-electron chi connectivity index (χ2n) is 11.2. The maximum atomic E-state index is 9.69. The molecule has 2 nitrogen and oxygen atoms in total. The third-order valence-corrected chi connectivity index (χ3v) is 8.34. The molecule has 0 spiro atoms. The first-order valence-corrected chi connectivity index (χ1v) is 15.3. The number of hydrogen-bond acceptors (Lipinski definition) is 2. The van der Waals surface area contributed by atoms with Crippen LogP contribution in [0.15, 0.2) is 192 Å². The topological polar surface area (TPSA) is 16.4 Å². The van der Waals surface area contributed by atoms with Gasteiger partial charge in [0.1, 0.15) is 11.2 Å². The Kier molecular flexibility index (Phi) is 3.24. The normalized spacial score (nSPS) is 17.8. The molecule has 0 aliphatic rings. The van der Waals surface area contributed by atoms with Crippen molar-refractivity contribution in [3.8, 4) is 22.3 Å². The highest BCUT2D eigenvalue weighted by Crippen LogP contribution is 2.45. The predicted octanol–water partition coefficient (Wildman–Crippen LogP) is 13.8. The Morgan fingerprint density at radius 2 is 1.14 bits per heavy atom. The summed E-state index contributed by atoms with van der Waals surface area (Å²) in [6.45, 7) is 0. The fourth-order valence-corrected chi connectivity index (χ4v) is 6.07. The largest absolute Gasteiger partial charge is 0.455 e. The van der Waals surface area contributed by atoms with Crippen LogP contribution in [0.3, 0.4) is 0 Å². The summed E-state index contributed by atoms with van der Waals surface area (Å²) >= 11 is 0. The summed E-state index contributed by atoms with van der Waals surface area (Å²) in [5, 5.41) is 0.119. The average molecular weight is 660 g/mol. The van der Waals surface area contributed by atoms with Crippen LogP contribution < -0.4 is 4.90 Å². The molecular weight excluding hydrogens is 607 g/mol. The molecule has 234 valence electrons. The van der Waals surface area contributed by atoms with Gasteiger partial charge < -0.3 is 9.32 Å². The smallest absolute Gasteiger partial charge is 0.143 e. The molecule has 9 aromatic carbocycles. The number of rotatable bonds is 5. The molecule has 0 aliphatic carbocycles. The molecule has 1 heterocycles. The van der Waals surface area contributed by atoms with Crippen molar-refractivity contribution in [3.05, 3.63) is 188 Å². The highest BCUT2D eigenvalue weighted by molar-refractivity contribution is 6.19. The Hall–Kier alpha value is -6.64. The van der Waals surface area contributed by atoms with Crippen molar-refractivity contribution in [1.29, 1.82) is 0 Å². The number of nitrogens with zero attached hydrogens (tertiary/aromatic N) is 1. The summed E-state index contributed by atoms with van der Waals surface area (Å²) in [7, 11) is 0. The maximum absolute atomic E-state index is 9.69. The van der Waals surface area contributed by atoms with E-state index in [0.29, 0.717) is 16.4 Å². The van der Waals surface area contributed by atoms with Crippen molar-refractivity contribution in [2.24, 2.45) is 0 Å². The van der Waals surface area contributed by atoms with Crippen molar-refractivity contribution >= 4 is 71.3 Å². The van der Waals surface area contributed by atoms with Crippen molar-refractivity contribution in [2.45, 2.75) is 0 Å². The Morgan fingerprint density at radius 1 is 0.440 bits per heavy atom. The Labute approximate surface area is 321 Å². The van der Waals surface area contributed by atoms with Gasteiger partial charge in [-0.2, -0.15) is 0 Å². The molecule has 0 amide bonds. The van der Waals surface area contributed by atoms with Crippen LogP contribution in [0.5, 0.6) is 0 Å². The average Bonchev–Trinajstić information content (AvgIpc) is 3.76. The molecule has 50 heavy (non-hydrogen) atoms. The zero-order chi connectivity index (χ0) is 52.2. The lowest BCUT2D eigenvalue weighted by Gasteiger charge is -2.26. The van der Waals surface area contributed by atoms with Gasteiger partial charge in [-0.3, -0.25) is 0 Å². The van der Waals surface area contributed by atoms with E-state index in [-0.39, 0.29) is 16.7 Å². The van der Waals surface area contributed by atoms with E-state index in [2.05, 4.69) is 0 Å². The molecule has 0 unspecified atom stereocenters. The second kappa shape index (κ2) is 11.5. The van der Waals surface area contributed by atoms with Crippen LogP contribution >= 0.6 is 0 Å². The number of furan rings is 1. The minimum Gasteiger partial charge on any atom is -0.455 e. The van der Waals surface area contributed by atoms with Crippen molar-refractivity contribution in [3.63, 3.8) is 0 Å². The predicted molar refractivity (Wildman–Crippen MR) is 212 cm³/mol. The van der Waals surface area contributed by atoms with E-state index in [0.717, 1.165) is 10.3 Å². The first-order chi connectivity index (χ1) is 34.0. The molecular formula is C48H31NO. The molecule has 10 aromatic rings. The van der Waals surface area contributed by atoms with E-state index in [9.17, 15) is 11.0 Å². The van der Waals surface area contributed by atoms with Crippen LogP contribution in [0.1, 0.15) is 30.2 Å². The molecule has 0 N–H and O–H groups in total. The molecule has 0 bridgehead atoms. The molecule has 0 radical (unpaired) electrons. The van der Waals surface area contributed by atoms with Gasteiger partial charge in [0.05, 0.1) is 41.2 Å². The van der Waals surface area contributed by atoms with Crippen LogP contribution in [0, 0.1) is 0 Å². The zero-order valence-corrected chi connectivity index (χ0v) is 25.6. The van der Waals surface area contributed by atoms with E-state index in [4.69, 9.17) is 23.6 Å². The Bertz CT molecular complexity index is 4080. The standard InChI is InChI=1S/C48H31NO/c1-2-12-37-31-38(20-19-32(37)9-1)33-21-26-39(27-22-33)49(40-28-23-36(24-29-40)42-16-7-13-34-10-3-5-14-41(34)42)45-17-8-18-46-47(45)44-30-25-35-11-4-6-15-43(35)48(44)50-46/h1-31H/i1D,2D,3D,5D,7D,9D,10D,12D,13D,14D,16D,19D,20D,21D,22D,23D,24D,26D,27D,28D,29D,31D. The van der Waals surface area contributed by atoms with E-state index in [1.165, 1.54) is 12.1 Å². The van der Waals surface area contributed by atoms with Crippen LogP contribution in [-0.2, 0) is 0 Å². The van der Waals surface area contributed by atoms with E-state index >= 15 is 0 Å². The van der Waals surface area contributed by atoms with Crippen LogP contribution in [0.2, 0.25) is 0 Å². The minimum absolute atomic E-state index is 0.0612. The number of benzene rings is 9. The summed E-state index contributed by atoms with van der Waals surface area (Å²) < 4.78 is 204. The lowest BCUT2D eigenvalue weighted by atomic mass is 9.98. The quantitative estimate of drug-likeness (QED) is 0.183. The van der Waals surface area contributed by atoms with E-state index < -0.39 is 188 Å². The summed E-state index contributed by atoms with van der Waals surface area (Å²) in [5.41, 5.74) is -3.55. The van der Waals surface area contributed by atoms with E-state index in [1.807, 2.05) is 18.2 Å². The lowest BCUT2D eigenvalue weighted by Crippen LogP contribution is -2.10. The van der Waals surface area contributed by atoms with Crippen molar-refractivity contribution in [2.75, 3.05) is 4.90 Å². The van der Waals surface area contributed by atoms with Crippen LogP contribution in [0.4, 0.5) is 17.1 Å². The van der Waals surface area contributed by atoms with Gasteiger partial charge in [-0.15, -0.1) is 0 Å². The third kappa shape index (κ3) is 4.65. The Balaban J connectivity index is 1.34. The summed E-state index contributed by atoms with van der Waals surface area (Å²) in [6.07, 6.45) is 0. The fourth-order valence-electron chi connectivity index (χ4n) is 6.07. The second-order valence-corrected chi connectivity index (χ2v) is 11.2. The van der Waals surface area contributed by atoms with Gasteiger partial charge in [0, 0.05) is 22.1 Å². The molecule has 0 aliphatic heterocycles. The zero-order valence-electron chi connectivity index (χ0n) is 47.6. The maximum Gasteiger partial charge on any atom is 0.143 e. The summed E-state index contributed by atoms with van der Waals surface area (Å²) in [5.74, 6) is 0. The van der Waals surface area contributed by atoms with Gasteiger partial charge in [0.2, 0.25) is 0 Å². The summed E-state index contributed by atoms with van der Waals surface area (Å²) in [4.78, 5) is 0.964. The molecule has 0 fully saturated rings. The van der Waals surface area contributed by atoms with Gasteiger partial charge in [-0.25, -0.2) is 0 Å². The highest BCUT2D eigenvalue weighted by atomic mass is 16.3. The molecule has 2 heteroatoms. The minimum atomic E-state index is -0.933. The van der Waals surface area contributed by atoms with Gasteiger partial charge in [0.15, 0.2) is 0 Å². The molecule has 0 saturated carbocycles. The SMILES string of the molecule is [2H]c1c([2H])c(N(c2c([2H])c([2H])c(-c3c([2H])c([2H])c([2H])c4c([2H])c([2H])c([2H])c([2H])c34)c([2H])c2[2H])c2cccc3oc4c5ccccc5ccc4c23)c([2H])c([2H])c1-c1c([2H])c([2H])c2c([2H])c([2H])c([2H])c([2H])c2c1[2H]. The first-order valence-electron chi connectivity index (χ1n) is 26.3. The molecule has 10 rings (SSSR count). The molecule has 0 atom stereocenters. The highest BCUT2D eigenvalue weighted by Gasteiger charge is 2.20. The Morgan fingerprint density at radius 3 is 1.98 bits per heavy atom. The van der Waals surface area contributed by atoms with Crippen LogP contribution in [0.25, 0.3) is 76.5 Å². The van der Waals surface area contributed by atoms with Gasteiger partial charge in [-0.1, -0.05) is 139 Å². The summed E-state index contributed by atoms with van der Waals surface area (Å²) in [6, 6.07) is -3.00. The van der Waals surface area contributed by atoms with E-state index in [1.54, 1.807) is 24.3 Å². The fraction of sp³-hybridized carbons (Fsp3) is 0.